The maximum absolute atomic E-state index is 12.7. The minimum atomic E-state index is -1.01. The summed E-state index contributed by atoms with van der Waals surface area (Å²) in [5.41, 5.74) is -0.146. The number of hydrogen-bond donors (Lipinski definition) is 1. The number of benzene rings is 1. The number of carbonyl (C=O) groups excluding carboxylic acids is 1. The van der Waals surface area contributed by atoms with E-state index in [1.165, 1.54) is 7.11 Å². The predicted molar refractivity (Wildman–Crippen MR) is 93.7 cm³/mol. The molecule has 0 aliphatic carbocycles. The molecular weight excluding hydrogens is 322 g/mol. The van der Waals surface area contributed by atoms with Crippen LogP contribution in [0.4, 0.5) is 0 Å². The summed E-state index contributed by atoms with van der Waals surface area (Å²) in [5, 5.41) is 9.59. The van der Waals surface area contributed by atoms with Gasteiger partial charge >= 0.3 is 5.97 Å². The van der Waals surface area contributed by atoms with Crippen LogP contribution in [0, 0.1) is 5.41 Å². The lowest BCUT2D eigenvalue weighted by molar-refractivity contribution is -0.159. The van der Waals surface area contributed by atoms with Gasteiger partial charge in [0.2, 0.25) is 5.91 Å². The Labute approximate surface area is 148 Å². The average molecular weight is 349 g/mol. The van der Waals surface area contributed by atoms with E-state index in [-0.39, 0.29) is 31.6 Å². The van der Waals surface area contributed by atoms with E-state index in [0.29, 0.717) is 19.4 Å². The smallest absolute Gasteiger partial charge is 0.313 e. The van der Waals surface area contributed by atoms with Gasteiger partial charge in [-0.15, -0.1) is 0 Å². The monoisotopic (exact) mass is 349 g/mol. The second-order valence-corrected chi connectivity index (χ2v) is 6.93. The van der Waals surface area contributed by atoms with Gasteiger partial charge in [-0.05, 0) is 44.4 Å². The van der Waals surface area contributed by atoms with Crippen molar-refractivity contribution in [3.05, 3.63) is 29.8 Å². The molecule has 1 aromatic rings. The number of hydrogen-bond acceptors (Lipinski definition) is 4. The van der Waals surface area contributed by atoms with Gasteiger partial charge in [0.05, 0.1) is 19.1 Å². The fraction of sp³-hybridized carbons (Fsp3) is 0.579. The summed E-state index contributed by atoms with van der Waals surface area (Å²) in [6, 6.07) is 7.47. The Hall–Kier alpha value is -2.08. The molecule has 1 fully saturated rings. The zero-order valence-corrected chi connectivity index (χ0v) is 15.2. The topological polar surface area (TPSA) is 76.1 Å². The maximum Gasteiger partial charge on any atom is 0.313 e. The van der Waals surface area contributed by atoms with Crippen LogP contribution in [0.1, 0.15) is 32.3 Å². The molecule has 25 heavy (non-hydrogen) atoms. The van der Waals surface area contributed by atoms with Crippen LogP contribution in [0.2, 0.25) is 0 Å². The molecule has 0 spiro atoms. The molecule has 1 atom stereocenters. The Kier molecular flexibility index (Phi) is 6.42. The van der Waals surface area contributed by atoms with Gasteiger partial charge in [0.1, 0.15) is 11.2 Å². The Morgan fingerprint density at radius 3 is 2.76 bits per heavy atom. The van der Waals surface area contributed by atoms with Crippen molar-refractivity contribution in [1.29, 1.82) is 0 Å². The van der Waals surface area contributed by atoms with Crippen LogP contribution in [-0.2, 0) is 20.7 Å². The van der Waals surface area contributed by atoms with E-state index in [9.17, 15) is 14.7 Å². The lowest BCUT2D eigenvalue weighted by Crippen LogP contribution is -2.52. The summed E-state index contributed by atoms with van der Waals surface area (Å²) >= 11 is 0. The highest BCUT2D eigenvalue weighted by Gasteiger charge is 2.43. The van der Waals surface area contributed by atoms with Gasteiger partial charge in [-0.25, -0.2) is 0 Å². The van der Waals surface area contributed by atoms with E-state index >= 15 is 0 Å². The first-order chi connectivity index (χ1) is 11.9. The van der Waals surface area contributed by atoms with Crippen LogP contribution in [0.25, 0.3) is 0 Å². The molecule has 1 aliphatic rings. The van der Waals surface area contributed by atoms with Gasteiger partial charge in [0.25, 0.3) is 0 Å². The molecule has 0 saturated carbocycles. The van der Waals surface area contributed by atoms with Crippen molar-refractivity contribution >= 4 is 11.9 Å². The van der Waals surface area contributed by atoms with Crippen molar-refractivity contribution in [2.45, 2.75) is 39.2 Å². The average Bonchev–Trinajstić information content (AvgIpc) is 2.55. The Bertz CT molecular complexity index is 612. The van der Waals surface area contributed by atoms with Crippen LogP contribution >= 0.6 is 0 Å². The van der Waals surface area contributed by atoms with Crippen LogP contribution < -0.4 is 4.74 Å². The molecule has 0 aromatic heterocycles. The van der Waals surface area contributed by atoms with Gasteiger partial charge in [-0.2, -0.15) is 0 Å². The summed E-state index contributed by atoms with van der Waals surface area (Å²) in [6.45, 7) is 4.79. The Morgan fingerprint density at radius 2 is 2.12 bits per heavy atom. The van der Waals surface area contributed by atoms with Crippen molar-refractivity contribution in [3.8, 4) is 5.75 Å². The fourth-order valence-corrected chi connectivity index (χ4v) is 3.26. The van der Waals surface area contributed by atoms with Crippen molar-refractivity contribution < 1.29 is 24.2 Å². The van der Waals surface area contributed by atoms with E-state index in [4.69, 9.17) is 9.47 Å². The summed E-state index contributed by atoms with van der Waals surface area (Å²) in [6.07, 6.45) is 1.49. The molecule has 1 unspecified atom stereocenters. The number of carbonyl (C=O) groups is 2. The summed E-state index contributed by atoms with van der Waals surface area (Å²) in [5.74, 6) is -0.236. The number of carboxylic acid groups (broad SMARTS) is 1. The lowest BCUT2D eigenvalue weighted by Gasteiger charge is -2.39. The molecule has 0 bridgehead atoms. The van der Waals surface area contributed by atoms with E-state index in [1.54, 1.807) is 4.90 Å². The number of rotatable bonds is 7. The van der Waals surface area contributed by atoms with Crippen LogP contribution in [0.5, 0.6) is 5.75 Å². The van der Waals surface area contributed by atoms with Crippen LogP contribution in [0.15, 0.2) is 24.3 Å². The summed E-state index contributed by atoms with van der Waals surface area (Å²) in [4.78, 5) is 26.0. The van der Waals surface area contributed by atoms with E-state index in [0.717, 1.165) is 11.3 Å². The number of likely N-dealkylation sites (tertiary alicyclic amines) is 1. The van der Waals surface area contributed by atoms with Crippen molar-refractivity contribution in [1.82, 2.24) is 4.90 Å². The van der Waals surface area contributed by atoms with E-state index in [1.807, 2.05) is 38.1 Å². The molecule has 2 rings (SSSR count). The third-order valence-electron chi connectivity index (χ3n) is 4.43. The zero-order valence-electron chi connectivity index (χ0n) is 15.2. The largest absolute Gasteiger partial charge is 0.491 e. The lowest BCUT2D eigenvalue weighted by atomic mass is 9.80. The number of carboxylic acids is 1. The minimum absolute atomic E-state index is 0.0666. The number of nitrogens with zero attached hydrogens (tertiary/aromatic N) is 1. The SMILES string of the molecule is COCC1(C(=O)O)CCCN(C(=O)Cc2cccc(OC(C)C)c2)C1. The number of piperidine rings is 1. The first-order valence-electron chi connectivity index (χ1n) is 8.62. The van der Waals surface area contributed by atoms with Crippen LogP contribution in [-0.4, -0.2) is 54.8 Å². The number of aliphatic carboxylic acids is 1. The molecule has 1 heterocycles. The zero-order chi connectivity index (χ0) is 18.4. The predicted octanol–water partition coefficient (Wildman–Crippen LogP) is 2.36. The quantitative estimate of drug-likeness (QED) is 0.818. The second kappa shape index (κ2) is 8.34. The van der Waals surface area contributed by atoms with Gasteiger partial charge in [-0.3, -0.25) is 9.59 Å². The highest BCUT2D eigenvalue weighted by Crippen LogP contribution is 2.31. The maximum atomic E-state index is 12.7. The standard InChI is InChI=1S/C19H27NO5/c1-14(2)25-16-7-4-6-15(10-16)11-17(21)20-9-5-8-19(12-20,13-24-3)18(22)23/h4,6-7,10,14H,5,8-9,11-13H2,1-3H3,(H,22,23). The normalized spacial score (nSPS) is 20.6. The number of amides is 1. The Balaban J connectivity index is 2.06. The molecule has 1 saturated heterocycles. The highest BCUT2D eigenvalue weighted by molar-refractivity contribution is 5.81. The third-order valence-corrected chi connectivity index (χ3v) is 4.43. The molecule has 1 amide bonds. The van der Waals surface area contributed by atoms with Crippen molar-refractivity contribution in [3.63, 3.8) is 0 Å². The first-order valence-corrected chi connectivity index (χ1v) is 8.62. The molecule has 1 N–H and O–H groups in total. The first kappa shape index (κ1) is 19.2. The van der Waals surface area contributed by atoms with Crippen LogP contribution in [0.3, 0.4) is 0 Å². The minimum Gasteiger partial charge on any atom is -0.491 e. The van der Waals surface area contributed by atoms with E-state index < -0.39 is 11.4 Å². The van der Waals surface area contributed by atoms with Gasteiger partial charge < -0.3 is 19.5 Å². The third kappa shape index (κ3) is 4.95. The van der Waals surface area contributed by atoms with Crippen molar-refractivity contribution in [2.24, 2.45) is 5.41 Å². The Morgan fingerprint density at radius 1 is 1.36 bits per heavy atom. The second-order valence-electron chi connectivity index (χ2n) is 6.93. The fourth-order valence-electron chi connectivity index (χ4n) is 3.26. The number of ether oxygens (including phenoxy) is 2. The molecule has 0 radical (unpaired) electrons. The highest BCUT2D eigenvalue weighted by atomic mass is 16.5. The molecule has 1 aromatic carbocycles. The molecule has 138 valence electrons. The summed E-state index contributed by atoms with van der Waals surface area (Å²) < 4.78 is 10.8. The molecule has 6 nitrogen and oxygen atoms in total. The molecule has 1 aliphatic heterocycles. The van der Waals surface area contributed by atoms with E-state index in [2.05, 4.69) is 0 Å². The molecule has 6 heteroatoms. The molecular formula is C19H27NO5. The van der Waals surface area contributed by atoms with Gasteiger partial charge in [0, 0.05) is 20.2 Å². The van der Waals surface area contributed by atoms with Gasteiger partial charge in [-0.1, -0.05) is 12.1 Å². The van der Waals surface area contributed by atoms with Crippen molar-refractivity contribution in [2.75, 3.05) is 26.8 Å². The number of methoxy groups -OCH3 is 1. The summed E-state index contributed by atoms with van der Waals surface area (Å²) in [7, 11) is 1.49. The van der Waals surface area contributed by atoms with Gasteiger partial charge in [0.15, 0.2) is 0 Å².